The van der Waals surface area contributed by atoms with E-state index >= 15 is 0 Å². The fourth-order valence-electron chi connectivity index (χ4n) is 2.33. The quantitative estimate of drug-likeness (QED) is 0.734. The van der Waals surface area contributed by atoms with Gasteiger partial charge in [0, 0.05) is 17.2 Å². The van der Waals surface area contributed by atoms with Gasteiger partial charge in [0.05, 0.1) is 12.8 Å². The zero-order valence-electron chi connectivity index (χ0n) is 14.3. The second-order valence-electron chi connectivity index (χ2n) is 5.51. The van der Waals surface area contributed by atoms with E-state index in [1.165, 1.54) is 7.11 Å². The second-order valence-corrected chi connectivity index (χ2v) is 5.51. The zero-order chi connectivity index (χ0) is 18.5. The van der Waals surface area contributed by atoms with Crippen LogP contribution in [0.5, 0.6) is 5.75 Å². The molecule has 7 nitrogen and oxygen atoms in total. The number of anilines is 2. The number of amides is 2. The Morgan fingerprint density at radius 2 is 1.58 bits per heavy atom. The molecule has 0 saturated carbocycles. The number of methoxy groups -OCH3 is 1. The number of nitrogens with zero attached hydrogens (tertiary/aromatic N) is 1. The van der Waals surface area contributed by atoms with Crippen LogP contribution in [0.2, 0.25) is 0 Å². The van der Waals surface area contributed by atoms with Crippen LogP contribution in [0.3, 0.4) is 0 Å². The normalized spacial score (nSPS) is 10.2. The summed E-state index contributed by atoms with van der Waals surface area (Å²) in [5.41, 5.74) is 1.40. The molecule has 0 saturated heterocycles. The van der Waals surface area contributed by atoms with E-state index in [-0.39, 0.29) is 11.8 Å². The number of nitrogens with one attached hydrogen (secondary N) is 2. The number of carbonyl (C=O) groups excluding carboxylic acids is 2. The van der Waals surface area contributed by atoms with Crippen molar-refractivity contribution < 1.29 is 18.8 Å². The molecule has 0 radical (unpaired) electrons. The van der Waals surface area contributed by atoms with Crippen LogP contribution in [-0.4, -0.2) is 24.1 Å². The summed E-state index contributed by atoms with van der Waals surface area (Å²) in [5.74, 6) is 0.873. The molecule has 0 atom stereocenters. The smallest absolute Gasteiger partial charge is 0.256 e. The summed E-state index contributed by atoms with van der Waals surface area (Å²) >= 11 is 0. The highest BCUT2D eigenvalue weighted by Crippen LogP contribution is 2.23. The van der Waals surface area contributed by atoms with Crippen molar-refractivity contribution in [3.8, 4) is 5.75 Å². The van der Waals surface area contributed by atoms with Gasteiger partial charge in [0.25, 0.3) is 11.8 Å². The minimum absolute atomic E-state index is 0.298. The van der Waals surface area contributed by atoms with Gasteiger partial charge in [-0.15, -0.1) is 0 Å². The Balaban J connectivity index is 1.68. The minimum atomic E-state index is -0.338. The fourth-order valence-corrected chi connectivity index (χ4v) is 2.33. The largest absolute Gasteiger partial charge is 0.495 e. The molecule has 0 bridgehead atoms. The Morgan fingerprint density at radius 1 is 0.962 bits per heavy atom. The first-order chi connectivity index (χ1) is 12.6. The molecule has 0 aliphatic rings. The highest BCUT2D eigenvalue weighted by molar-refractivity contribution is 6.07. The van der Waals surface area contributed by atoms with E-state index in [0.717, 1.165) is 0 Å². The molecule has 0 unspecified atom stereocenters. The molecule has 26 heavy (non-hydrogen) atoms. The highest BCUT2D eigenvalue weighted by Gasteiger charge is 2.12. The third kappa shape index (κ3) is 3.89. The SMILES string of the molecule is COc1ccccc1NC(=O)c1ccc(C(=O)Nc2cc(C)on2)cc1. The number of aromatic nitrogens is 1. The molecule has 2 aromatic carbocycles. The monoisotopic (exact) mass is 351 g/mol. The summed E-state index contributed by atoms with van der Waals surface area (Å²) in [6.07, 6.45) is 0. The molecule has 7 heteroatoms. The van der Waals surface area contributed by atoms with Crippen molar-refractivity contribution in [3.05, 3.63) is 71.5 Å². The van der Waals surface area contributed by atoms with E-state index in [4.69, 9.17) is 9.26 Å². The Morgan fingerprint density at radius 3 is 2.15 bits per heavy atom. The van der Waals surface area contributed by atoms with Gasteiger partial charge in [0.2, 0.25) is 0 Å². The van der Waals surface area contributed by atoms with Crippen molar-refractivity contribution >= 4 is 23.3 Å². The molecule has 2 N–H and O–H groups in total. The summed E-state index contributed by atoms with van der Waals surface area (Å²) in [4.78, 5) is 24.5. The standard InChI is InChI=1S/C19H17N3O4/c1-12-11-17(22-26-12)21-19(24)14-9-7-13(8-10-14)18(23)20-15-5-3-4-6-16(15)25-2/h3-11H,1-2H3,(H,20,23)(H,21,22,24). The summed E-state index contributed by atoms with van der Waals surface area (Å²) in [6.45, 7) is 1.73. The number of carbonyl (C=O) groups is 2. The van der Waals surface area contributed by atoms with Crippen molar-refractivity contribution in [1.82, 2.24) is 5.16 Å². The Hall–Kier alpha value is -3.61. The molecule has 3 aromatic rings. The van der Waals surface area contributed by atoms with Crippen molar-refractivity contribution in [2.45, 2.75) is 6.92 Å². The van der Waals surface area contributed by atoms with Gasteiger partial charge < -0.3 is 19.9 Å². The van der Waals surface area contributed by atoms with Crippen molar-refractivity contribution in [3.63, 3.8) is 0 Å². The van der Waals surface area contributed by atoms with Gasteiger partial charge in [-0.25, -0.2) is 0 Å². The van der Waals surface area contributed by atoms with Gasteiger partial charge in [-0.3, -0.25) is 9.59 Å². The van der Waals surface area contributed by atoms with Gasteiger partial charge in [-0.05, 0) is 43.3 Å². The van der Waals surface area contributed by atoms with Crippen molar-refractivity contribution in [1.29, 1.82) is 0 Å². The number of para-hydroxylation sites is 2. The molecule has 0 fully saturated rings. The Labute approximate surface area is 150 Å². The molecule has 0 aliphatic carbocycles. The third-order valence-electron chi connectivity index (χ3n) is 3.63. The second kappa shape index (κ2) is 7.52. The molecule has 132 valence electrons. The summed E-state index contributed by atoms with van der Waals surface area (Å²) < 4.78 is 10.1. The molecule has 1 aromatic heterocycles. The van der Waals surface area contributed by atoms with Crippen molar-refractivity contribution in [2.24, 2.45) is 0 Å². The molecule has 2 amide bonds. The predicted octanol–water partition coefficient (Wildman–Crippen LogP) is 3.50. The van der Waals surface area contributed by atoms with Crippen LogP contribution in [-0.2, 0) is 0 Å². The first kappa shape index (κ1) is 17.2. The van der Waals surface area contributed by atoms with Crippen LogP contribution in [0.15, 0.2) is 59.1 Å². The van der Waals surface area contributed by atoms with E-state index < -0.39 is 0 Å². The number of aryl methyl sites for hydroxylation is 1. The maximum atomic E-state index is 12.4. The molecule has 1 heterocycles. The first-order valence-electron chi connectivity index (χ1n) is 7.86. The summed E-state index contributed by atoms with van der Waals surface area (Å²) in [6, 6.07) is 15.0. The maximum Gasteiger partial charge on any atom is 0.256 e. The van der Waals surface area contributed by atoms with E-state index in [9.17, 15) is 9.59 Å². The topological polar surface area (TPSA) is 93.5 Å². The van der Waals surface area contributed by atoms with Crippen LogP contribution in [0.4, 0.5) is 11.5 Å². The first-order valence-corrected chi connectivity index (χ1v) is 7.86. The molecule has 0 spiro atoms. The van der Waals surface area contributed by atoms with E-state index in [1.807, 2.05) is 6.07 Å². The minimum Gasteiger partial charge on any atom is -0.495 e. The van der Waals surface area contributed by atoms with Crippen LogP contribution >= 0.6 is 0 Å². The van der Waals surface area contributed by atoms with Crippen molar-refractivity contribution in [2.75, 3.05) is 17.7 Å². The number of ether oxygens (including phenoxy) is 1. The lowest BCUT2D eigenvalue weighted by atomic mass is 10.1. The summed E-state index contributed by atoms with van der Waals surface area (Å²) in [5, 5.41) is 9.11. The highest BCUT2D eigenvalue weighted by atomic mass is 16.5. The van der Waals surface area contributed by atoms with Crippen LogP contribution in [0, 0.1) is 6.92 Å². The third-order valence-corrected chi connectivity index (χ3v) is 3.63. The lowest BCUT2D eigenvalue weighted by Crippen LogP contribution is -2.14. The molecule has 0 aliphatic heterocycles. The van der Waals surface area contributed by atoms with Crippen LogP contribution < -0.4 is 15.4 Å². The van der Waals surface area contributed by atoms with E-state index in [0.29, 0.717) is 34.1 Å². The average Bonchev–Trinajstić information content (AvgIpc) is 3.07. The van der Waals surface area contributed by atoms with E-state index in [1.54, 1.807) is 55.5 Å². The molecular weight excluding hydrogens is 334 g/mol. The number of hydrogen-bond acceptors (Lipinski definition) is 5. The summed E-state index contributed by atoms with van der Waals surface area (Å²) in [7, 11) is 1.54. The average molecular weight is 351 g/mol. The van der Waals surface area contributed by atoms with Gasteiger partial charge in [0.1, 0.15) is 11.5 Å². The Bertz CT molecular complexity index is 932. The molecular formula is C19H17N3O4. The number of rotatable bonds is 5. The van der Waals surface area contributed by atoms with Crippen LogP contribution in [0.25, 0.3) is 0 Å². The predicted molar refractivity (Wildman–Crippen MR) is 96.6 cm³/mol. The number of benzene rings is 2. The maximum absolute atomic E-state index is 12.4. The molecule has 3 rings (SSSR count). The van der Waals surface area contributed by atoms with Crippen LogP contribution in [0.1, 0.15) is 26.5 Å². The Kier molecular flexibility index (Phi) is 4.98. The van der Waals surface area contributed by atoms with Gasteiger partial charge in [-0.1, -0.05) is 17.3 Å². The lowest BCUT2D eigenvalue weighted by Gasteiger charge is -2.10. The van der Waals surface area contributed by atoms with E-state index in [2.05, 4.69) is 15.8 Å². The van der Waals surface area contributed by atoms with Gasteiger partial charge >= 0.3 is 0 Å². The number of hydrogen-bond donors (Lipinski definition) is 2. The fraction of sp³-hybridized carbons (Fsp3) is 0.105. The lowest BCUT2D eigenvalue weighted by molar-refractivity contribution is 0.101. The van der Waals surface area contributed by atoms with Gasteiger partial charge in [-0.2, -0.15) is 0 Å². The van der Waals surface area contributed by atoms with Gasteiger partial charge in [0.15, 0.2) is 5.82 Å². The zero-order valence-corrected chi connectivity index (χ0v) is 14.3.